The molecule has 1 aliphatic heterocycles. The average molecular weight is 196 g/mol. The molecule has 14 heavy (non-hydrogen) atoms. The first kappa shape index (κ1) is 11.6. The molecule has 1 fully saturated rings. The van der Waals surface area contributed by atoms with Gasteiger partial charge in [-0.25, -0.2) is 0 Å². The van der Waals surface area contributed by atoms with Crippen LogP contribution in [-0.4, -0.2) is 19.5 Å². The van der Waals surface area contributed by atoms with Crippen molar-refractivity contribution >= 4 is 0 Å². The maximum absolute atomic E-state index is 5.54. The SMILES string of the molecule is CCCC#CCCOC1CCCCO1. The highest BCUT2D eigenvalue weighted by Gasteiger charge is 2.12. The van der Waals surface area contributed by atoms with Crippen LogP contribution in [0, 0.1) is 11.8 Å². The lowest BCUT2D eigenvalue weighted by atomic mass is 10.2. The number of ether oxygens (including phenoxy) is 2. The first-order valence-corrected chi connectivity index (χ1v) is 5.62. The molecule has 1 heterocycles. The molecule has 1 saturated heterocycles. The van der Waals surface area contributed by atoms with Gasteiger partial charge in [-0.2, -0.15) is 0 Å². The Hall–Kier alpha value is -0.520. The van der Waals surface area contributed by atoms with E-state index in [0.29, 0.717) is 6.61 Å². The smallest absolute Gasteiger partial charge is 0.157 e. The summed E-state index contributed by atoms with van der Waals surface area (Å²) in [4.78, 5) is 0. The number of hydrogen-bond acceptors (Lipinski definition) is 2. The van der Waals surface area contributed by atoms with Crippen LogP contribution in [0.5, 0.6) is 0 Å². The molecule has 2 heteroatoms. The Balaban J connectivity index is 1.95. The number of rotatable bonds is 4. The minimum absolute atomic E-state index is 0.0386. The van der Waals surface area contributed by atoms with Crippen LogP contribution < -0.4 is 0 Å². The summed E-state index contributed by atoms with van der Waals surface area (Å²) in [5.41, 5.74) is 0. The lowest BCUT2D eigenvalue weighted by Gasteiger charge is -2.22. The zero-order valence-corrected chi connectivity index (χ0v) is 9.05. The third-order valence-corrected chi connectivity index (χ3v) is 2.17. The summed E-state index contributed by atoms with van der Waals surface area (Å²) >= 11 is 0. The Kier molecular flexibility index (Phi) is 6.47. The lowest BCUT2D eigenvalue weighted by molar-refractivity contribution is -0.161. The molecule has 1 atom stereocenters. The van der Waals surface area contributed by atoms with Gasteiger partial charge in [0.2, 0.25) is 0 Å². The quantitative estimate of drug-likeness (QED) is 0.508. The topological polar surface area (TPSA) is 18.5 Å². The minimum Gasteiger partial charge on any atom is -0.353 e. The second-order valence-electron chi connectivity index (χ2n) is 3.52. The van der Waals surface area contributed by atoms with E-state index in [1.165, 1.54) is 12.8 Å². The molecule has 1 rings (SSSR count). The van der Waals surface area contributed by atoms with Gasteiger partial charge in [0.1, 0.15) is 0 Å². The maximum atomic E-state index is 5.54. The molecule has 0 aliphatic carbocycles. The van der Waals surface area contributed by atoms with Gasteiger partial charge in [-0.05, 0) is 25.7 Å². The van der Waals surface area contributed by atoms with Crippen LogP contribution in [0.3, 0.4) is 0 Å². The van der Waals surface area contributed by atoms with Crippen LogP contribution >= 0.6 is 0 Å². The molecule has 0 bridgehead atoms. The van der Waals surface area contributed by atoms with E-state index < -0.39 is 0 Å². The van der Waals surface area contributed by atoms with Gasteiger partial charge in [-0.1, -0.05) is 6.92 Å². The van der Waals surface area contributed by atoms with Crippen molar-refractivity contribution in [3.63, 3.8) is 0 Å². The Morgan fingerprint density at radius 3 is 2.86 bits per heavy atom. The second kappa shape index (κ2) is 7.84. The predicted octanol–water partition coefficient (Wildman–Crippen LogP) is 2.72. The molecule has 0 amide bonds. The molecule has 0 aromatic rings. The molecule has 0 radical (unpaired) electrons. The van der Waals surface area contributed by atoms with Gasteiger partial charge in [0.25, 0.3) is 0 Å². The molecule has 1 unspecified atom stereocenters. The molecule has 1 aliphatic rings. The van der Waals surface area contributed by atoms with Crippen molar-refractivity contribution in [2.75, 3.05) is 13.2 Å². The summed E-state index contributed by atoms with van der Waals surface area (Å²) in [7, 11) is 0. The number of unbranched alkanes of at least 4 members (excludes halogenated alkanes) is 1. The van der Waals surface area contributed by atoms with E-state index in [0.717, 1.165) is 32.3 Å². The van der Waals surface area contributed by atoms with E-state index in [1.54, 1.807) is 0 Å². The standard InChI is InChI=1S/C12H20O2/c1-2-3-4-5-7-10-13-12-9-6-8-11-14-12/h12H,2-3,6-11H2,1H3. The summed E-state index contributed by atoms with van der Waals surface area (Å²) in [5.74, 6) is 6.20. The van der Waals surface area contributed by atoms with Crippen LogP contribution in [0.25, 0.3) is 0 Å². The van der Waals surface area contributed by atoms with Crippen molar-refractivity contribution in [3.8, 4) is 11.8 Å². The number of hydrogen-bond donors (Lipinski definition) is 0. The molecule has 0 N–H and O–H groups in total. The van der Waals surface area contributed by atoms with Gasteiger partial charge in [0.05, 0.1) is 6.61 Å². The van der Waals surface area contributed by atoms with E-state index in [1.807, 2.05) is 0 Å². The van der Waals surface area contributed by atoms with Crippen molar-refractivity contribution in [1.82, 2.24) is 0 Å². The fourth-order valence-corrected chi connectivity index (χ4v) is 1.39. The van der Waals surface area contributed by atoms with Gasteiger partial charge in [0.15, 0.2) is 6.29 Å². The Morgan fingerprint density at radius 2 is 2.14 bits per heavy atom. The molecule has 0 aromatic carbocycles. The maximum Gasteiger partial charge on any atom is 0.157 e. The van der Waals surface area contributed by atoms with Crippen LogP contribution in [-0.2, 0) is 9.47 Å². The van der Waals surface area contributed by atoms with E-state index in [-0.39, 0.29) is 6.29 Å². The van der Waals surface area contributed by atoms with Crippen LogP contribution in [0.2, 0.25) is 0 Å². The third kappa shape index (κ3) is 5.26. The Morgan fingerprint density at radius 1 is 1.29 bits per heavy atom. The van der Waals surface area contributed by atoms with Crippen molar-refractivity contribution in [2.24, 2.45) is 0 Å². The molecular formula is C12H20O2. The van der Waals surface area contributed by atoms with Crippen molar-refractivity contribution in [2.45, 2.75) is 51.7 Å². The van der Waals surface area contributed by atoms with Gasteiger partial charge in [-0.3, -0.25) is 0 Å². The second-order valence-corrected chi connectivity index (χ2v) is 3.52. The highest BCUT2D eigenvalue weighted by atomic mass is 16.7. The first-order chi connectivity index (χ1) is 6.93. The summed E-state index contributed by atoms with van der Waals surface area (Å²) in [6.45, 7) is 3.70. The lowest BCUT2D eigenvalue weighted by Crippen LogP contribution is -2.22. The first-order valence-electron chi connectivity index (χ1n) is 5.62. The van der Waals surface area contributed by atoms with Gasteiger partial charge in [-0.15, -0.1) is 11.8 Å². The van der Waals surface area contributed by atoms with Crippen LogP contribution in [0.4, 0.5) is 0 Å². The van der Waals surface area contributed by atoms with E-state index >= 15 is 0 Å². The fraction of sp³-hybridized carbons (Fsp3) is 0.833. The molecule has 0 aromatic heterocycles. The molecular weight excluding hydrogens is 176 g/mol. The minimum atomic E-state index is 0.0386. The van der Waals surface area contributed by atoms with Crippen molar-refractivity contribution in [3.05, 3.63) is 0 Å². The third-order valence-electron chi connectivity index (χ3n) is 2.17. The van der Waals surface area contributed by atoms with Gasteiger partial charge >= 0.3 is 0 Å². The highest BCUT2D eigenvalue weighted by Crippen LogP contribution is 2.13. The molecule has 80 valence electrons. The zero-order chi connectivity index (χ0) is 10.1. The van der Waals surface area contributed by atoms with E-state index in [9.17, 15) is 0 Å². The van der Waals surface area contributed by atoms with Gasteiger partial charge < -0.3 is 9.47 Å². The predicted molar refractivity (Wildman–Crippen MR) is 56.8 cm³/mol. The Labute approximate surface area is 87.0 Å². The highest BCUT2D eigenvalue weighted by molar-refractivity contribution is 4.98. The summed E-state index contributed by atoms with van der Waals surface area (Å²) in [5, 5.41) is 0. The zero-order valence-electron chi connectivity index (χ0n) is 9.05. The molecule has 0 saturated carbocycles. The van der Waals surface area contributed by atoms with Gasteiger partial charge in [0, 0.05) is 19.4 Å². The summed E-state index contributed by atoms with van der Waals surface area (Å²) in [6, 6.07) is 0. The van der Waals surface area contributed by atoms with E-state index in [2.05, 4.69) is 18.8 Å². The van der Waals surface area contributed by atoms with E-state index in [4.69, 9.17) is 9.47 Å². The van der Waals surface area contributed by atoms with Crippen molar-refractivity contribution < 1.29 is 9.47 Å². The van der Waals surface area contributed by atoms with Crippen LogP contribution in [0.1, 0.15) is 45.4 Å². The molecule has 2 nitrogen and oxygen atoms in total. The largest absolute Gasteiger partial charge is 0.353 e. The van der Waals surface area contributed by atoms with Crippen LogP contribution in [0.15, 0.2) is 0 Å². The summed E-state index contributed by atoms with van der Waals surface area (Å²) < 4.78 is 11.0. The Bertz CT molecular complexity index is 184. The fourth-order valence-electron chi connectivity index (χ4n) is 1.39. The summed E-state index contributed by atoms with van der Waals surface area (Å²) in [6.07, 6.45) is 6.46. The average Bonchev–Trinajstić information content (AvgIpc) is 2.25. The normalized spacial score (nSPS) is 21.4. The monoisotopic (exact) mass is 196 g/mol. The molecule has 0 spiro atoms. The van der Waals surface area contributed by atoms with Crippen molar-refractivity contribution in [1.29, 1.82) is 0 Å².